The zero-order valence-corrected chi connectivity index (χ0v) is 9.39. The number of nitrogens with one attached hydrogen (secondary N) is 1. The molecule has 2 rings (SSSR count). The van der Waals surface area contributed by atoms with Gasteiger partial charge in [0.05, 0.1) is 0 Å². The van der Waals surface area contributed by atoms with Crippen molar-refractivity contribution in [3.63, 3.8) is 0 Å². The molecule has 3 heteroatoms. The molecule has 1 N–H and O–H groups in total. The number of hydrogen-bond donors (Lipinski definition) is 1. The minimum absolute atomic E-state index is 0.336. The molecule has 0 saturated carbocycles. The van der Waals surface area contributed by atoms with E-state index in [1.807, 2.05) is 12.3 Å². The van der Waals surface area contributed by atoms with E-state index >= 15 is 0 Å². The van der Waals surface area contributed by atoms with Crippen LogP contribution < -0.4 is 5.32 Å². The Balaban J connectivity index is 1.88. The number of hydrogen-bond acceptors (Lipinski definition) is 3. The van der Waals surface area contributed by atoms with Crippen LogP contribution in [-0.2, 0) is 6.54 Å². The molecular weight excluding hydrogens is 198 g/mol. The average Bonchev–Trinajstić information content (AvgIpc) is 2.31. The van der Waals surface area contributed by atoms with Crippen LogP contribution in [-0.4, -0.2) is 24.0 Å². The Morgan fingerprint density at radius 3 is 2.94 bits per heavy atom. The van der Waals surface area contributed by atoms with Crippen molar-refractivity contribution in [2.45, 2.75) is 25.4 Å². The quantitative estimate of drug-likeness (QED) is 0.616. The molecule has 1 aliphatic heterocycles. The molecule has 0 bridgehead atoms. The Hall–Kier alpha value is -1.53. The highest BCUT2D eigenvalue weighted by Crippen LogP contribution is 2.13. The molecule has 1 fully saturated rings. The van der Waals surface area contributed by atoms with E-state index in [-0.39, 0.29) is 0 Å². The third kappa shape index (κ3) is 2.98. The molecule has 1 heterocycles. The zero-order chi connectivity index (χ0) is 11.2. The first-order chi connectivity index (χ1) is 7.88. The van der Waals surface area contributed by atoms with Crippen molar-refractivity contribution in [2.75, 3.05) is 13.1 Å². The largest absolute Gasteiger partial charge is 0.319 e. The molecule has 1 saturated heterocycles. The summed E-state index contributed by atoms with van der Waals surface area (Å²) in [5.41, 5.74) is 1.35. The van der Waals surface area contributed by atoms with Gasteiger partial charge < -0.3 is 5.32 Å². The fraction of sp³-hybridized carbons (Fsp3) is 0.462. The summed E-state index contributed by atoms with van der Waals surface area (Å²) in [7, 11) is 0. The van der Waals surface area contributed by atoms with Gasteiger partial charge in [0.25, 0.3) is 0 Å². The maximum atomic E-state index is 8.61. The van der Waals surface area contributed by atoms with Crippen molar-refractivity contribution >= 4 is 0 Å². The molecule has 3 nitrogen and oxygen atoms in total. The minimum Gasteiger partial charge on any atom is -0.319 e. The lowest BCUT2D eigenvalue weighted by molar-refractivity contribution is 0.191. The van der Waals surface area contributed by atoms with Crippen LogP contribution in [0.15, 0.2) is 30.3 Å². The second-order valence-electron chi connectivity index (χ2n) is 4.32. The summed E-state index contributed by atoms with van der Waals surface area (Å²) in [6, 6.07) is 10.8. The third-order valence-corrected chi connectivity index (χ3v) is 3.02. The molecule has 0 radical (unpaired) electrons. The normalized spacial score (nSPS) is 21.3. The Bertz CT molecular complexity index is 355. The molecule has 1 aromatic carbocycles. The van der Waals surface area contributed by atoms with E-state index in [1.54, 1.807) is 0 Å². The van der Waals surface area contributed by atoms with Gasteiger partial charge in [0.1, 0.15) is 0 Å². The lowest BCUT2D eigenvalue weighted by Gasteiger charge is -2.31. The predicted molar refractivity (Wildman–Crippen MR) is 63.5 cm³/mol. The number of nitrogens with zero attached hydrogens (tertiary/aromatic N) is 2. The molecule has 0 spiro atoms. The van der Waals surface area contributed by atoms with Crippen LogP contribution in [0, 0.1) is 11.5 Å². The van der Waals surface area contributed by atoms with E-state index in [1.165, 1.54) is 12.0 Å². The first-order valence-electron chi connectivity index (χ1n) is 5.79. The summed E-state index contributed by atoms with van der Waals surface area (Å²) in [4.78, 5) is 2.41. The second kappa shape index (κ2) is 5.53. The van der Waals surface area contributed by atoms with Crippen LogP contribution in [0.4, 0.5) is 0 Å². The van der Waals surface area contributed by atoms with Gasteiger partial charge in [0.15, 0.2) is 6.19 Å². The van der Waals surface area contributed by atoms with Gasteiger partial charge in [-0.25, -0.2) is 0 Å². The highest BCUT2D eigenvalue weighted by Gasteiger charge is 2.18. The summed E-state index contributed by atoms with van der Waals surface area (Å²) >= 11 is 0. The van der Waals surface area contributed by atoms with E-state index in [2.05, 4.69) is 34.5 Å². The van der Waals surface area contributed by atoms with Crippen LogP contribution >= 0.6 is 0 Å². The first kappa shape index (κ1) is 11.0. The maximum Gasteiger partial charge on any atom is 0.176 e. The molecule has 1 aliphatic rings. The molecule has 1 unspecified atom stereocenters. The Kier molecular flexibility index (Phi) is 3.79. The van der Waals surface area contributed by atoms with Gasteiger partial charge in [-0.1, -0.05) is 30.3 Å². The van der Waals surface area contributed by atoms with Gasteiger partial charge in [0.2, 0.25) is 0 Å². The van der Waals surface area contributed by atoms with Gasteiger partial charge in [-0.15, -0.1) is 0 Å². The van der Waals surface area contributed by atoms with Gasteiger partial charge in [-0.05, 0) is 24.9 Å². The van der Waals surface area contributed by atoms with Crippen LogP contribution in [0.3, 0.4) is 0 Å². The number of likely N-dealkylation sites (tertiary alicyclic amines) is 1. The highest BCUT2D eigenvalue weighted by molar-refractivity contribution is 5.14. The predicted octanol–water partition coefficient (Wildman–Crippen LogP) is 1.72. The number of piperidine rings is 1. The summed E-state index contributed by atoms with van der Waals surface area (Å²) < 4.78 is 0. The molecule has 16 heavy (non-hydrogen) atoms. The lowest BCUT2D eigenvalue weighted by Crippen LogP contribution is -2.43. The topological polar surface area (TPSA) is 39.1 Å². The first-order valence-corrected chi connectivity index (χ1v) is 5.79. The van der Waals surface area contributed by atoms with Gasteiger partial charge in [-0.2, -0.15) is 5.26 Å². The minimum atomic E-state index is 0.336. The van der Waals surface area contributed by atoms with Crippen molar-refractivity contribution in [3.05, 3.63) is 35.9 Å². The second-order valence-corrected chi connectivity index (χ2v) is 4.32. The van der Waals surface area contributed by atoms with Crippen molar-refractivity contribution in [3.8, 4) is 6.19 Å². The zero-order valence-electron chi connectivity index (χ0n) is 9.39. The van der Waals surface area contributed by atoms with Crippen LogP contribution in [0.2, 0.25) is 0 Å². The molecule has 0 amide bonds. The monoisotopic (exact) mass is 215 g/mol. The average molecular weight is 215 g/mol. The maximum absolute atomic E-state index is 8.61. The van der Waals surface area contributed by atoms with E-state index in [0.29, 0.717) is 6.04 Å². The summed E-state index contributed by atoms with van der Waals surface area (Å²) in [6.07, 6.45) is 4.33. The smallest absolute Gasteiger partial charge is 0.176 e. The van der Waals surface area contributed by atoms with Crippen molar-refractivity contribution < 1.29 is 0 Å². The molecule has 1 atom stereocenters. The van der Waals surface area contributed by atoms with Gasteiger partial charge >= 0.3 is 0 Å². The SMILES string of the molecule is N#CNC1CCCN(Cc2ccccc2)C1. The van der Waals surface area contributed by atoms with E-state index in [9.17, 15) is 0 Å². The molecule has 84 valence electrons. The highest BCUT2D eigenvalue weighted by atomic mass is 15.2. The summed E-state index contributed by atoms with van der Waals surface area (Å²) in [5, 5.41) is 11.5. The molecule has 0 aliphatic carbocycles. The lowest BCUT2D eigenvalue weighted by atomic mass is 10.1. The van der Waals surface area contributed by atoms with Gasteiger partial charge in [-0.3, -0.25) is 4.90 Å². The molecule has 1 aromatic rings. The van der Waals surface area contributed by atoms with E-state index < -0.39 is 0 Å². The van der Waals surface area contributed by atoms with Crippen molar-refractivity contribution in [2.24, 2.45) is 0 Å². The van der Waals surface area contributed by atoms with Crippen molar-refractivity contribution in [1.29, 1.82) is 5.26 Å². The van der Waals surface area contributed by atoms with Gasteiger partial charge in [0, 0.05) is 19.1 Å². The van der Waals surface area contributed by atoms with E-state index in [4.69, 9.17) is 5.26 Å². The third-order valence-electron chi connectivity index (χ3n) is 3.02. The Morgan fingerprint density at radius 1 is 1.38 bits per heavy atom. The number of benzene rings is 1. The fourth-order valence-corrected chi connectivity index (χ4v) is 2.25. The van der Waals surface area contributed by atoms with Crippen LogP contribution in [0.25, 0.3) is 0 Å². The van der Waals surface area contributed by atoms with E-state index in [0.717, 1.165) is 26.1 Å². The van der Waals surface area contributed by atoms with Crippen molar-refractivity contribution in [1.82, 2.24) is 10.2 Å². The fourth-order valence-electron chi connectivity index (χ4n) is 2.25. The standard InChI is InChI=1S/C13H17N3/c14-11-15-13-7-4-8-16(10-13)9-12-5-2-1-3-6-12/h1-3,5-6,13,15H,4,7-10H2. The molecular formula is C13H17N3. The summed E-state index contributed by atoms with van der Waals surface area (Å²) in [5.74, 6) is 0. The molecule has 0 aromatic heterocycles. The summed E-state index contributed by atoms with van der Waals surface area (Å²) in [6.45, 7) is 3.10. The van der Waals surface area contributed by atoms with Crippen LogP contribution in [0.5, 0.6) is 0 Å². The number of nitriles is 1. The van der Waals surface area contributed by atoms with Crippen LogP contribution in [0.1, 0.15) is 18.4 Å². The number of rotatable bonds is 3. The Labute approximate surface area is 96.7 Å². The Morgan fingerprint density at radius 2 is 2.19 bits per heavy atom.